The fourth-order valence-electron chi connectivity index (χ4n) is 9.82. The van der Waals surface area contributed by atoms with Gasteiger partial charge in [-0.05, 0) is 0 Å². The van der Waals surface area contributed by atoms with Crippen molar-refractivity contribution in [2.75, 3.05) is 0 Å². The number of allylic oxidation sites excluding steroid dienone is 2. The van der Waals surface area contributed by atoms with Crippen molar-refractivity contribution in [2.24, 2.45) is 5.92 Å². The zero-order chi connectivity index (χ0) is 37.6. The molecule has 0 aliphatic heterocycles. The zero-order valence-corrected chi connectivity index (χ0v) is 37.7. The molecule has 2 atom stereocenters. The standard InChI is InChI=1S/C25H19.C22H25.C2H7Si.2ClH.Zr/c1-16-14-24-17(2)10-12-23(25(24)15-16)21-9-5-8-20-19-7-4-3-6-18(19)11-13-22(20)21;1-15(2)18-13-17-7-6-8-20(21(17)14-18)16-9-11-19(12-10-16)22(3,4)5;1-3-2;;;/h3-15H,1-2H3;6-15H,1-5H3;3H,1-2H3;2*1H;/q;;;;;+2/p-2. The molecule has 269 valence electrons. The Morgan fingerprint density at radius 2 is 1.30 bits per heavy atom. The van der Waals surface area contributed by atoms with Crippen LogP contribution in [-0.4, -0.2) is 5.92 Å². The van der Waals surface area contributed by atoms with Crippen molar-refractivity contribution in [1.29, 1.82) is 0 Å². The maximum atomic E-state index is 8.79. The van der Waals surface area contributed by atoms with Crippen LogP contribution >= 0.6 is 17.0 Å². The number of rotatable bonds is 6. The van der Waals surface area contributed by atoms with Crippen molar-refractivity contribution in [3.05, 3.63) is 154 Å². The van der Waals surface area contributed by atoms with Crippen molar-refractivity contribution in [3.63, 3.8) is 0 Å². The molecule has 0 amide bonds. The zero-order valence-electron chi connectivity index (χ0n) is 32.6. The Bertz CT molecular complexity index is 2510. The van der Waals surface area contributed by atoms with E-state index in [0.717, 1.165) is 0 Å². The first-order valence-electron chi connectivity index (χ1n) is 19.4. The molecule has 0 saturated heterocycles. The Labute approximate surface area is 325 Å². The molecule has 6 aromatic rings. The first kappa shape index (κ1) is 36.9. The molecule has 0 nitrogen and oxygen atoms in total. The average Bonchev–Trinajstić information content (AvgIpc) is 3.72. The summed E-state index contributed by atoms with van der Waals surface area (Å²) in [4.78, 5) is 0. The molecule has 2 aliphatic rings. The van der Waals surface area contributed by atoms with E-state index in [4.69, 9.17) is 17.0 Å². The summed E-state index contributed by atoms with van der Waals surface area (Å²) < 4.78 is 0.103. The van der Waals surface area contributed by atoms with Gasteiger partial charge in [0, 0.05) is 0 Å². The first-order valence-corrected chi connectivity index (χ1v) is 35.7. The van der Waals surface area contributed by atoms with Crippen LogP contribution in [0.4, 0.5) is 0 Å². The van der Waals surface area contributed by atoms with Crippen molar-refractivity contribution < 1.29 is 15.6 Å². The van der Waals surface area contributed by atoms with Gasteiger partial charge in [-0.15, -0.1) is 0 Å². The van der Waals surface area contributed by atoms with Gasteiger partial charge in [-0.1, -0.05) is 0 Å². The van der Waals surface area contributed by atoms with E-state index in [1.165, 1.54) is 88.3 Å². The van der Waals surface area contributed by atoms with E-state index in [9.17, 15) is 0 Å². The minimum absolute atomic E-state index is 0.0463. The van der Waals surface area contributed by atoms with Crippen LogP contribution in [0.15, 0.2) is 120 Å². The Balaban J connectivity index is 1.33. The molecule has 0 saturated carbocycles. The fraction of sp³-hybridized carbons (Fsp3) is 0.265. The van der Waals surface area contributed by atoms with E-state index in [2.05, 4.69) is 183 Å². The molecule has 0 N–H and O–H groups in total. The van der Waals surface area contributed by atoms with Gasteiger partial charge in [0.25, 0.3) is 0 Å². The molecule has 0 radical (unpaired) electrons. The van der Waals surface area contributed by atoms with Gasteiger partial charge in [0.2, 0.25) is 0 Å². The average molecular weight is 830 g/mol. The Morgan fingerprint density at radius 1 is 0.623 bits per heavy atom. The molecular weight excluding hydrogens is 779 g/mol. The fourth-order valence-corrected chi connectivity index (χ4v) is 42.1. The van der Waals surface area contributed by atoms with E-state index in [0.29, 0.717) is 5.92 Å². The number of hydrogen-bond donors (Lipinski definition) is 0. The monoisotopic (exact) mass is 827 g/mol. The van der Waals surface area contributed by atoms with Gasteiger partial charge in [0.1, 0.15) is 0 Å². The summed E-state index contributed by atoms with van der Waals surface area (Å²) in [6.45, 7) is 21.0. The third kappa shape index (κ3) is 5.68. The molecule has 2 aliphatic carbocycles. The van der Waals surface area contributed by atoms with Crippen LogP contribution in [0.1, 0.15) is 82.2 Å². The van der Waals surface area contributed by atoms with Gasteiger partial charge in [0.15, 0.2) is 0 Å². The Kier molecular flexibility index (Phi) is 9.10. The summed E-state index contributed by atoms with van der Waals surface area (Å²) in [6, 6.07) is 40.8. The molecule has 0 bridgehead atoms. The van der Waals surface area contributed by atoms with Gasteiger partial charge in [-0.25, -0.2) is 0 Å². The van der Waals surface area contributed by atoms with Crippen LogP contribution < -0.4 is 0 Å². The van der Waals surface area contributed by atoms with E-state index < -0.39 is 21.5 Å². The van der Waals surface area contributed by atoms with Crippen LogP contribution in [0, 0.1) is 12.8 Å². The summed E-state index contributed by atoms with van der Waals surface area (Å²) in [5.41, 5.74) is 15.9. The number of halogens is 2. The van der Waals surface area contributed by atoms with Crippen molar-refractivity contribution >= 4 is 56.6 Å². The van der Waals surface area contributed by atoms with Crippen molar-refractivity contribution in [3.8, 4) is 22.3 Å². The third-order valence-corrected chi connectivity index (χ3v) is 64.6. The van der Waals surface area contributed by atoms with Gasteiger partial charge >= 0.3 is 328 Å². The number of benzene rings is 6. The van der Waals surface area contributed by atoms with E-state index in [-0.39, 0.29) is 12.7 Å². The third-order valence-electron chi connectivity index (χ3n) is 12.7. The molecule has 2 unspecified atom stereocenters. The number of hydrogen-bond acceptors (Lipinski definition) is 0. The molecule has 0 aromatic heterocycles. The molecular formula is C49H51Cl2SiZr. The second kappa shape index (κ2) is 13.1. The summed E-state index contributed by atoms with van der Waals surface area (Å²) >= 11 is -4.94. The van der Waals surface area contributed by atoms with Gasteiger partial charge in [0.05, 0.1) is 0 Å². The number of aryl methyl sites for hydroxylation is 1. The summed E-state index contributed by atoms with van der Waals surface area (Å²) in [7, 11) is 17.6. The maximum absolute atomic E-state index is 8.79. The van der Waals surface area contributed by atoms with E-state index in [1.807, 2.05) is 0 Å². The summed E-state index contributed by atoms with van der Waals surface area (Å²) in [5, 5.41) is 5.13. The first-order chi connectivity index (χ1) is 25.1. The molecule has 6 aromatic carbocycles. The van der Waals surface area contributed by atoms with Gasteiger partial charge in [-0.2, -0.15) is 0 Å². The Hall–Kier alpha value is -3.00. The van der Waals surface area contributed by atoms with E-state index in [1.54, 1.807) is 0 Å². The van der Waals surface area contributed by atoms with Crippen LogP contribution in [0.2, 0.25) is 13.1 Å². The van der Waals surface area contributed by atoms with E-state index >= 15 is 0 Å². The second-order valence-corrected chi connectivity index (χ2v) is 60.0. The molecule has 53 heavy (non-hydrogen) atoms. The van der Waals surface area contributed by atoms with Gasteiger partial charge in [-0.3, -0.25) is 0 Å². The molecule has 0 heterocycles. The second-order valence-electron chi connectivity index (χ2n) is 17.5. The van der Waals surface area contributed by atoms with Crippen LogP contribution in [0.3, 0.4) is 0 Å². The summed E-state index contributed by atoms with van der Waals surface area (Å²) in [5.74, 6) is -1.37. The predicted octanol–water partition coefficient (Wildman–Crippen LogP) is 15.2. The number of fused-ring (bicyclic) bond motifs is 5. The molecule has 0 fully saturated rings. The molecule has 0 spiro atoms. The van der Waals surface area contributed by atoms with Gasteiger partial charge < -0.3 is 0 Å². The SMILES string of the molecule is CC1=Cc2c(-c3cccc4c3ccc3ccccc34)ccc(C)c2[CH]1[Zr]([Cl])([Cl])([CH]1C(C(C)C)=Cc2c(-c3ccc(C(C)(C)C)cc3)cccc21)[SiH](C)C. The molecule has 8 rings (SSSR count). The summed E-state index contributed by atoms with van der Waals surface area (Å²) in [6.07, 6.45) is 4.95. The minimum atomic E-state index is -4.94. The van der Waals surface area contributed by atoms with Crippen molar-refractivity contribution in [2.45, 2.75) is 74.2 Å². The van der Waals surface area contributed by atoms with Crippen LogP contribution in [0.25, 0.3) is 56.0 Å². The normalized spacial score (nSPS) is 17.9. The Morgan fingerprint density at radius 3 is 2.00 bits per heavy atom. The van der Waals surface area contributed by atoms with Crippen LogP contribution in [-0.2, 0) is 21.0 Å². The quantitative estimate of drug-likeness (QED) is 0.116. The molecule has 4 heteroatoms. The van der Waals surface area contributed by atoms with Crippen LogP contribution in [0.5, 0.6) is 0 Å². The predicted molar refractivity (Wildman–Crippen MR) is 235 cm³/mol. The topological polar surface area (TPSA) is 0 Å². The van der Waals surface area contributed by atoms with Crippen molar-refractivity contribution in [1.82, 2.24) is 0 Å².